The molecule has 2 aromatic rings. The number of nitrogens with two attached hydrogens (primary N) is 1. The molecule has 0 saturated heterocycles. The first kappa shape index (κ1) is 15.7. The van der Waals surface area contributed by atoms with E-state index in [4.69, 9.17) is 17.3 Å². The first-order valence-corrected chi connectivity index (χ1v) is 7.87. The summed E-state index contributed by atoms with van der Waals surface area (Å²) in [7, 11) is 0. The van der Waals surface area contributed by atoms with E-state index < -0.39 is 0 Å². The van der Waals surface area contributed by atoms with E-state index in [-0.39, 0.29) is 5.91 Å². The van der Waals surface area contributed by atoms with Crippen LogP contribution in [0.1, 0.15) is 11.1 Å². The number of halogens is 1. The van der Waals surface area contributed by atoms with Gasteiger partial charge in [-0.1, -0.05) is 17.7 Å². The zero-order chi connectivity index (χ0) is 15.4. The number of carbonyl (C=O) groups excluding carboxylic acids is 1. The van der Waals surface area contributed by atoms with Crippen LogP contribution in [0.3, 0.4) is 0 Å². The smallest absolute Gasteiger partial charge is 0.234 e. The van der Waals surface area contributed by atoms with Crippen LogP contribution in [0.15, 0.2) is 41.3 Å². The van der Waals surface area contributed by atoms with Gasteiger partial charge in [0.25, 0.3) is 0 Å². The van der Waals surface area contributed by atoms with Crippen molar-refractivity contribution in [1.82, 2.24) is 0 Å². The van der Waals surface area contributed by atoms with Gasteiger partial charge in [-0.15, -0.1) is 11.8 Å². The van der Waals surface area contributed by atoms with E-state index in [1.807, 2.05) is 50.2 Å². The van der Waals surface area contributed by atoms with Gasteiger partial charge in [-0.2, -0.15) is 0 Å². The summed E-state index contributed by atoms with van der Waals surface area (Å²) in [6, 6.07) is 11.3. The summed E-state index contributed by atoms with van der Waals surface area (Å²) < 4.78 is 0. The minimum absolute atomic E-state index is 0.0831. The van der Waals surface area contributed by atoms with Gasteiger partial charge >= 0.3 is 0 Å². The number of hydrogen-bond donors (Lipinski definition) is 2. The number of benzene rings is 2. The Balaban J connectivity index is 1.94. The van der Waals surface area contributed by atoms with Crippen molar-refractivity contribution in [1.29, 1.82) is 0 Å². The normalized spacial score (nSPS) is 10.4. The molecular weight excluding hydrogens is 304 g/mol. The number of thioether (sulfide) groups is 1. The molecule has 21 heavy (non-hydrogen) atoms. The fourth-order valence-corrected chi connectivity index (χ4v) is 2.87. The monoisotopic (exact) mass is 320 g/mol. The molecule has 0 bridgehead atoms. The number of nitrogens with one attached hydrogen (secondary N) is 1. The molecule has 0 aliphatic heterocycles. The predicted molar refractivity (Wildman–Crippen MR) is 91.1 cm³/mol. The standard InChI is InChI=1S/C16H17ClN2OS/c1-10-3-6-15(13(17)7-10)19-16(20)9-21-12-4-5-14(18)11(2)8-12/h3-8H,9,18H2,1-2H3,(H,19,20). The van der Waals surface area contributed by atoms with Gasteiger partial charge in [-0.25, -0.2) is 0 Å². The lowest BCUT2D eigenvalue weighted by Gasteiger charge is -2.08. The molecule has 0 saturated carbocycles. The maximum atomic E-state index is 12.0. The molecule has 5 heteroatoms. The molecule has 0 fully saturated rings. The lowest BCUT2D eigenvalue weighted by atomic mass is 10.2. The van der Waals surface area contributed by atoms with E-state index in [1.165, 1.54) is 11.8 Å². The molecule has 3 N–H and O–H groups in total. The van der Waals surface area contributed by atoms with Gasteiger partial charge < -0.3 is 11.1 Å². The average molecular weight is 321 g/mol. The van der Waals surface area contributed by atoms with Crippen molar-refractivity contribution in [3.05, 3.63) is 52.5 Å². The summed E-state index contributed by atoms with van der Waals surface area (Å²) in [5, 5.41) is 3.37. The van der Waals surface area contributed by atoms with Gasteiger partial charge in [-0.3, -0.25) is 4.79 Å². The van der Waals surface area contributed by atoms with E-state index >= 15 is 0 Å². The molecule has 0 aliphatic carbocycles. The average Bonchev–Trinajstić information content (AvgIpc) is 2.43. The molecule has 3 nitrogen and oxygen atoms in total. The molecule has 0 aliphatic rings. The molecule has 0 aromatic heterocycles. The highest BCUT2D eigenvalue weighted by atomic mass is 35.5. The van der Waals surface area contributed by atoms with Crippen LogP contribution in [0.4, 0.5) is 11.4 Å². The van der Waals surface area contributed by atoms with E-state index in [2.05, 4.69) is 5.32 Å². The second-order valence-electron chi connectivity index (χ2n) is 4.84. The Hall–Kier alpha value is -1.65. The van der Waals surface area contributed by atoms with E-state index in [1.54, 1.807) is 0 Å². The minimum atomic E-state index is -0.0831. The lowest BCUT2D eigenvalue weighted by Crippen LogP contribution is -2.14. The predicted octanol–water partition coefficient (Wildman–Crippen LogP) is 4.27. The third-order valence-corrected chi connectivity index (χ3v) is 4.32. The summed E-state index contributed by atoms with van der Waals surface area (Å²) in [6.45, 7) is 3.91. The number of rotatable bonds is 4. The second kappa shape index (κ2) is 6.87. The number of aryl methyl sites for hydroxylation is 2. The van der Waals surface area contributed by atoms with Crippen LogP contribution in [0.2, 0.25) is 5.02 Å². The van der Waals surface area contributed by atoms with Crippen LogP contribution in [0.25, 0.3) is 0 Å². The van der Waals surface area contributed by atoms with E-state index in [0.29, 0.717) is 16.5 Å². The van der Waals surface area contributed by atoms with Gasteiger partial charge in [0.1, 0.15) is 0 Å². The van der Waals surface area contributed by atoms with Crippen LogP contribution < -0.4 is 11.1 Å². The molecule has 2 rings (SSSR count). The SMILES string of the molecule is Cc1ccc(NC(=O)CSc2ccc(N)c(C)c2)c(Cl)c1. The third kappa shape index (κ3) is 4.41. The first-order valence-electron chi connectivity index (χ1n) is 6.50. The van der Waals surface area contributed by atoms with Crippen molar-refractivity contribution in [2.75, 3.05) is 16.8 Å². The highest BCUT2D eigenvalue weighted by Gasteiger charge is 2.07. The zero-order valence-corrected chi connectivity index (χ0v) is 13.5. The van der Waals surface area contributed by atoms with Crippen LogP contribution in [0, 0.1) is 13.8 Å². The van der Waals surface area contributed by atoms with Crippen molar-refractivity contribution in [3.63, 3.8) is 0 Å². The topological polar surface area (TPSA) is 55.1 Å². The maximum Gasteiger partial charge on any atom is 0.234 e. The molecule has 0 heterocycles. The summed E-state index contributed by atoms with van der Waals surface area (Å²) in [5.41, 5.74) is 9.25. The molecular formula is C16H17ClN2OS. The fraction of sp³-hybridized carbons (Fsp3) is 0.188. The summed E-state index contributed by atoms with van der Waals surface area (Å²) in [4.78, 5) is 13.0. The van der Waals surface area contributed by atoms with Crippen molar-refractivity contribution in [3.8, 4) is 0 Å². The van der Waals surface area contributed by atoms with Gasteiger partial charge in [0.15, 0.2) is 0 Å². The lowest BCUT2D eigenvalue weighted by molar-refractivity contribution is -0.113. The van der Waals surface area contributed by atoms with Gasteiger partial charge in [0.05, 0.1) is 16.5 Å². The Morgan fingerprint density at radius 1 is 1.24 bits per heavy atom. The highest BCUT2D eigenvalue weighted by Crippen LogP contribution is 2.25. The van der Waals surface area contributed by atoms with Crippen molar-refractivity contribution < 1.29 is 4.79 Å². The number of hydrogen-bond acceptors (Lipinski definition) is 3. The Morgan fingerprint density at radius 2 is 2.00 bits per heavy atom. The molecule has 0 unspecified atom stereocenters. The summed E-state index contributed by atoms with van der Waals surface area (Å²) in [5.74, 6) is 0.244. The molecule has 110 valence electrons. The molecule has 0 atom stereocenters. The Bertz CT molecular complexity index is 673. The van der Waals surface area contributed by atoms with Crippen molar-refractivity contribution in [2.45, 2.75) is 18.7 Å². The maximum absolute atomic E-state index is 12.0. The molecule has 0 radical (unpaired) electrons. The number of carbonyl (C=O) groups is 1. The van der Waals surface area contributed by atoms with Crippen molar-refractivity contribution in [2.24, 2.45) is 0 Å². The Labute approximate surface area is 133 Å². The van der Waals surface area contributed by atoms with E-state index in [9.17, 15) is 4.79 Å². The van der Waals surface area contributed by atoms with Crippen LogP contribution in [-0.4, -0.2) is 11.7 Å². The molecule has 1 amide bonds. The van der Waals surface area contributed by atoms with Gasteiger partial charge in [0.2, 0.25) is 5.91 Å². The number of nitrogen functional groups attached to an aromatic ring is 1. The van der Waals surface area contributed by atoms with Crippen molar-refractivity contribution >= 4 is 40.6 Å². The Morgan fingerprint density at radius 3 is 2.67 bits per heavy atom. The minimum Gasteiger partial charge on any atom is -0.399 e. The van der Waals surface area contributed by atoms with Crippen LogP contribution in [-0.2, 0) is 4.79 Å². The second-order valence-corrected chi connectivity index (χ2v) is 6.29. The highest BCUT2D eigenvalue weighted by molar-refractivity contribution is 8.00. The van der Waals surface area contributed by atoms with Crippen LogP contribution >= 0.6 is 23.4 Å². The zero-order valence-electron chi connectivity index (χ0n) is 11.9. The van der Waals surface area contributed by atoms with E-state index in [0.717, 1.165) is 21.7 Å². The Kier molecular flexibility index (Phi) is 5.15. The molecule has 0 spiro atoms. The number of anilines is 2. The molecule has 2 aromatic carbocycles. The summed E-state index contributed by atoms with van der Waals surface area (Å²) >= 11 is 7.56. The first-order chi connectivity index (χ1) is 9.95. The number of amides is 1. The fourth-order valence-electron chi connectivity index (χ4n) is 1.79. The largest absolute Gasteiger partial charge is 0.399 e. The van der Waals surface area contributed by atoms with Gasteiger partial charge in [-0.05, 0) is 55.3 Å². The van der Waals surface area contributed by atoms with Gasteiger partial charge in [0, 0.05) is 10.6 Å². The summed E-state index contributed by atoms with van der Waals surface area (Å²) in [6.07, 6.45) is 0. The quantitative estimate of drug-likeness (QED) is 0.653. The third-order valence-electron chi connectivity index (χ3n) is 3.01. The van der Waals surface area contributed by atoms with Crippen LogP contribution in [0.5, 0.6) is 0 Å².